The van der Waals surface area contributed by atoms with Crippen molar-refractivity contribution in [3.05, 3.63) is 35.4 Å². The number of rotatable bonds is 2. The highest BCUT2D eigenvalue weighted by Crippen LogP contribution is 2.09. The molecule has 0 bridgehead atoms. The summed E-state index contributed by atoms with van der Waals surface area (Å²) in [5, 5.41) is 0. The van der Waals surface area contributed by atoms with Crippen LogP contribution in [0.4, 0.5) is 0 Å². The summed E-state index contributed by atoms with van der Waals surface area (Å²) in [6, 6.07) is 7.20. The lowest BCUT2D eigenvalue weighted by atomic mass is 10.0. The summed E-state index contributed by atoms with van der Waals surface area (Å²) in [4.78, 5) is 11.3. The van der Waals surface area contributed by atoms with Crippen LogP contribution in [0, 0.1) is 12.3 Å². The van der Waals surface area contributed by atoms with Gasteiger partial charge in [-0.3, -0.25) is 4.79 Å². The number of benzene rings is 1. The van der Waals surface area contributed by atoms with Crippen molar-refractivity contribution in [1.82, 2.24) is 0 Å². The van der Waals surface area contributed by atoms with E-state index < -0.39 is 0 Å². The number of hydrogen-bond donors (Lipinski definition) is 0. The van der Waals surface area contributed by atoms with Crippen LogP contribution in [-0.2, 0) is 0 Å². The van der Waals surface area contributed by atoms with Crippen LogP contribution in [0.15, 0.2) is 24.3 Å². The van der Waals surface area contributed by atoms with Crippen molar-refractivity contribution in [3.63, 3.8) is 0 Å². The molecular weight excluding hydrogens is 148 g/mol. The smallest absolute Gasteiger partial charge is 0.163 e. The van der Waals surface area contributed by atoms with Crippen molar-refractivity contribution in [2.24, 2.45) is 0 Å². The Labute approximate surface area is 72.4 Å². The Hall–Kier alpha value is -1.55. The third kappa shape index (κ3) is 1.54. The van der Waals surface area contributed by atoms with Gasteiger partial charge in [-0.05, 0) is 6.07 Å². The van der Waals surface area contributed by atoms with Crippen molar-refractivity contribution in [1.29, 1.82) is 0 Å². The summed E-state index contributed by atoms with van der Waals surface area (Å²) in [7, 11) is 0. The molecule has 0 radical (unpaired) electrons. The minimum Gasteiger partial charge on any atom is -0.294 e. The fourth-order valence-corrected chi connectivity index (χ4v) is 1.04. The van der Waals surface area contributed by atoms with Gasteiger partial charge in [0.05, 0.1) is 0 Å². The number of carbonyl (C=O) groups is 1. The monoisotopic (exact) mass is 158 g/mol. The summed E-state index contributed by atoms with van der Waals surface area (Å²) >= 11 is 0. The number of ketones is 1. The van der Waals surface area contributed by atoms with Gasteiger partial charge in [0.25, 0.3) is 0 Å². The molecule has 0 aliphatic heterocycles. The van der Waals surface area contributed by atoms with Crippen LogP contribution in [0.2, 0.25) is 0 Å². The zero-order chi connectivity index (χ0) is 8.97. The van der Waals surface area contributed by atoms with Gasteiger partial charge in [-0.1, -0.05) is 31.0 Å². The molecule has 0 atom stereocenters. The molecular formula is C11H10O. The molecule has 1 rings (SSSR count). The van der Waals surface area contributed by atoms with Gasteiger partial charge < -0.3 is 0 Å². The topological polar surface area (TPSA) is 17.1 Å². The van der Waals surface area contributed by atoms with Crippen molar-refractivity contribution < 1.29 is 4.79 Å². The van der Waals surface area contributed by atoms with E-state index in [0.717, 1.165) is 0 Å². The molecule has 1 nitrogen and oxygen atoms in total. The van der Waals surface area contributed by atoms with E-state index in [1.807, 2.05) is 19.1 Å². The van der Waals surface area contributed by atoms with E-state index in [0.29, 0.717) is 17.5 Å². The molecule has 0 spiro atoms. The lowest BCUT2D eigenvalue weighted by Gasteiger charge is -1.99. The van der Waals surface area contributed by atoms with E-state index in [1.165, 1.54) is 0 Å². The minimum atomic E-state index is 0.101. The molecule has 0 aliphatic rings. The SMILES string of the molecule is C#Cc1ccccc1C(=O)CC. The predicted octanol–water partition coefficient (Wildman–Crippen LogP) is 2.26. The Morgan fingerprint density at radius 1 is 1.50 bits per heavy atom. The minimum absolute atomic E-state index is 0.101. The van der Waals surface area contributed by atoms with Crippen LogP contribution >= 0.6 is 0 Å². The second kappa shape index (κ2) is 3.73. The highest BCUT2D eigenvalue weighted by molar-refractivity contribution is 5.98. The average Bonchev–Trinajstić information content (AvgIpc) is 2.16. The average molecular weight is 158 g/mol. The first-order valence-corrected chi connectivity index (χ1v) is 3.88. The molecule has 12 heavy (non-hydrogen) atoms. The maximum absolute atomic E-state index is 11.3. The Kier molecular flexibility index (Phi) is 2.66. The summed E-state index contributed by atoms with van der Waals surface area (Å²) in [5.41, 5.74) is 1.34. The summed E-state index contributed by atoms with van der Waals surface area (Å²) in [6.45, 7) is 1.83. The normalized spacial score (nSPS) is 9.00. The van der Waals surface area contributed by atoms with E-state index in [4.69, 9.17) is 6.42 Å². The standard InChI is InChI=1S/C11H10O/c1-3-9-7-5-6-8-10(9)11(12)4-2/h1,5-8H,4H2,2H3. The van der Waals surface area contributed by atoms with Gasteiger partial charge >= 0.3 is 0 Å². The van der Waals surface area contributed by atoms with E-state index in [-0.39, 0.29) is 5.78 Å². The maximum atomic E-state index is 11.3. The van der Waals surface area contributed by atoms with E-state index in [1.54, 1.807) is 12.1 Å². The van der Waals surface area contributed by atoms with E-state index in [2.05, 4.69) is 5.92 Å². The summed E-state index contributed by atoms with van der Waals surface area (Å²) in [6.07, 6.45) is 5.74. The third-order valence-corrected chi connectivity index (χ3v) is 1.70. The van der Waals surface area contributed by atoms with Crippen LogP contribution < -0.4 is 0 Å². The quantitative estimate of drug-likeness (QED) is 0.476. The second-order valence-electron chi connectivity index (χ2n) is 2.47. The number of Topliss-reactive ketones (excluding diaryl/α,β-unsaturated/α-hetero) is 1. The molecule has 0 unspecified atom stereocenters. The van der Waals surface area contributed by atoms with Gasteiger partial charge in [-0.2, -0.15) is 0 Å². The highest BCUT2D eigenvalue weighted by atomic mass is 16.1. The lowest BCUT2D eigenvalue weighted by Crippen LogP contribution is -1.99. The van der Waals surface area contributed by atoms with Crippen LogP contribution in [0.1, 0.15) is 29.3 Å². The molecule has 0 saturated carbocycles. The fraction of sp³-hybridized carbons (Fsp3) is 0.182. The van der Waals surface area contributed by atoms with Gasteiger partial charge in [-0.25, -0.2) is 0 Å². The number of terminal acetylenes is 1. The molecule has 0 N–H and O–H groups in total. The van der Waals surface area contributed by atoms with Crippen LogP contribution in [0.5, 0.6) is 0 Å². The van der Waals surface area contributed by atoms with Gasteiger partial charge in [-0.15, -0.1) is 6.42 Å². The largest absolute Gasteiger partial charge is 0.294 e. The lowest BCUT2D eigenvalue weighted by molar-refractivity contribution is 0.0988. The second-order valence-corrected chi connectivity index (χ2v) is 2.47. The molecule has 0 fully saturated rings. The molecule has 0 amide bonds. The Bertz CT molecular complexity index is 331. The Morgan fingerprint density at radius 2 is 2.17 bits per heavy atom. The van der Waals surface area contributed by atoms with E-state index >= 15 is 0 Å². The Balaban J connectivity index is 3.16. The highest BCUT2D eigenvalue weighted by Gasteiger charge is 2.05. The first-order chi connectivity index (χ1) is 5.79. The van der Waals surface area contributed by atoms with Gasteiger partial charge in [0.15, 0.2) is 5.78 Å². The summed E-state index contributed by atoms with van der Waals surface area (Å²) < 4.78 is 0. The van der Waals surface area contributed by atoms with Crippen molar-refractivity contribution in [3.8, 4) is 12.3 Å². The van der Waals surface area contributed by atoms with Crippen LogP contribution in [-0.4, -0.2) is 5.78 Å². The van der Waals surface area contributed by atoms with Gasteiger partial charge in [0.1, 0.15) is 0 Å². The predicted molar refractivity (Wildman–Crippen MR) is 49.0 cm³/mol. The molecule has 0 aliphatic carbocycles. The molecule has 1 aromatic carbocycles. The van der Waals surface area contributed by atoms with Crippen molar-refractivity contribution in [2.45, 2.75) is 13.3 Å². The molecule has 1 heteroatoms. The molecule has 0 heterocycles. The van der Waals surface area contributed by atoms with E-state index in [9.17, 15) is 4.79 Å². The van der Waals surface area contributed by atoms with Crippen molar-refractivity contribution in [2.75, 3.05) is 0 Å². The van der Waals surface area contributed by atoms with Crippen molar-refractivity contribution >= 4 is 5.78 Å². The summed E-state index contributed by atoms with van der Waals surface area (Å²) in [5.74, 6) is 2.59. The molecule has 60 valence electrons. The van der Waals surface area contributed by atoms with Crippen LogP contribution in [0.25, 0.3) is 0 Å². The Morgan fingerprint density at radius 3 is 2.75 bits per heavy atom. The van der Waals surface area contributed by atoms with Crippen LogP contribution in [0.3, 0.4) is 0 Å². The number of carbonyl (C=O) groups excluding carboxylic acids is 1. The first-order valence-electron chi connectivity index (χ1n) is 3.88. The first kappa shape index (κ1) is 8.55. The zero-order valence-corrected chi connectivity index (χ0v) is 7.00. The molecule has 0 saturated heterocycles. The molecule has 1 aromatic rings. The maximum Gasteiger partial charge on any atom is 0.163 e. The molecule has 0 aromatic heterocycles. The zero-order valence-electron chi connectivity index (χ0n) is 7.00. The number of hydrogen-bond acceptors (Lipinski definition) is 1. The third-order valence-electron chi connectivity index (χ3n) is 1.70. The van der Waals surface area contributed by atoms with Gasteiger partial charge in [0, 0.05) is 17.5 Å². The van der Waals surface area contributed by atoms with Gasteiger partial charge in [0.2, 0.25) is 0 Å². The fourth-order valence-electron chi connectivity index (χ4n) is 1.04.